The van der Waals surface area contributed by atoms with Gasteiger partial charge in [0.05, 0.1) is 6.61 Å². The van der Waals surface area contributed by atoms with Gasteiger partial charge in [0.1, 0.15) is 6.54 Å². The maximum Gasteiger partial charge on any atom is 0.406 e. The zero-order valence-electron chi connectivity index (χ0n) is 11.5. The van der Waals surface area contributed by atoms with E-state index in [1.807, 2.05) is 13.8 Å². The van der Waals surface area contributed by atoms with E-state index < -0.39 is 25.2 Å². The van der Waals surface area contributed by atoms with Crippen molar-refractivity contribution in [3.8, 4) is 0 Å². The summed E-state index contributed by atoms with van der Waals surface area (Å²) in [5, 5.41) is 8.85. The van der Waals surface area contributed by atoms with Gasteiger partial charge in [0.2, 0.25) is 5.91 Å². The Morgan fingerprint density at radius 1 is 1.37 bits per heavy atom. The summed E-state index contributed by atoms with van der Waals surface area (Å²) in [6.45, 7) is 1.87. The van der Waals surface area contributed by atoms with E-state index in [1.54, 1.807) is 0 Å². The number of hydrogen-bond acceptors (Lipinski definition) is 2. The Bertz CT molecular complexity index is 316. The number of halogens is 3. The van der Waals surface area contributed by atoms with Crippen LogP contribution >= 0.6 is 0 Å². The van der Waals surface area contributed by atoms with E-state index in [0.717, 1.165) is 24.2 Å². The third-order valence-corrected chi connectivity index (χ3v) is 3.86. The molecule has 1 amide bonds. The number of nitrogens with zero attached hydrogens (tertiary/aromatic N) is 1. The van der Waals surface area contributed by atoms with Crippen molar-refractivity contribution in [1.29, 1.82) is 0 Å². The van der Waals surface area contributed by atoms with Crippen molar-refractivity contribution >= 4 is 5.91 Å². The Morgan fingerprint density at radius 2 is 2.00 bits per heavy atom. The highest BCUT2D eigenvalue weighted by atomic mass is 19.4. The van der Waals surface area contributed by atoms with E-state index in [-0.39, 0.29) is 17.9 Å². The second-order valence-corrected chi connectivity index (χ2v) is 5.89. The van der Waals surface area contributed by atoms with Crippen LogP contribution in [0.5, 0.6) is 0 Å². The Kier molecular flexibility index (Phi) is 5.24. The number of aliphatic hydroxyl groups is 1. The molecule has 19 heavy (non-hydrogen) atoms. The van der Waals surface area contributed by atoms with Crippen LogP contribution < -0.4 is 0 Å². The number of aliphatic hydroxyl groups excluding tert-OH is 1. The molecule has 1 aliphatic carbocycles. The minimum absolute atomic E-state index is 0.259. The van der Waals surface area contributed by atoms with Gasteiger partial charge < -0.3 is 10.0 Å². The molecule has 1 unspecified atom stereocenters. The molecule has 6 heteroatoms. The van der Waals surface area contributed by atoms with Crippen LogP contribution in [0.3, 0.4) is 0 Å². The molecular formula is C13H22F3NO2. The third kappa shape index (κ3) is 4.67. The van der Waals surface area contributed by atoms with Crippen molar-refractivity contribution in [2.24, 2.45) is 11.3 Å². The topological polar surface area (TPSA) is 40.5 Å². The molecule has 0 spiro atoms. The van der Waals surface area contributed by atoms with Crippen LogP contribution in [0.2, 0.25) is 0 Å². The maximum absolute atomic E-state index is 12.5. The van der Waals surface area contributed by atoms with Crippen molar-refractivity contribution in [3.05, 3.63) is 0 Å². The van der Waals surface area contributed by atoms with Gasteiger partial charge in [-0.25, -0.2) is 0 Å². The van der Waals surface area contributed by atoms with Gasteiger partial charge in [-0.3, -0.25) is 4.79 Å². The summed E-state index contributed by atoms with van der Waals surface area (Å²) < 4.78 is 37.4. The second kappa shape index (κ2) is 6.11. The van der Waals surface area contributed by atoms with Crippen molar-refractivity contribution in [1.82, 2.24) is 4.90 Å². The zero-order valence-corrected chi connectivity index (χ0v) is 11.5. The predicted molar refractivity (Wildman–Crippen MR) is 65.5 cm³/mol. The minimum Gasteiger partial charge on any atom is -0.395 e. The quantitative estimate of drug-likeness (QED) is 0.860. The van der Waals surface area contributed by atoms with Gasteiger partial charge in [-0.15, -0.1) is 0 Å². The molecule has 0 heterocycles. The van der Waals surface area contributed by atoms with Gasteiger partial charge in [0.25, 0.3) is 0 Å². The molecule has 0 bridgehead atoms. The second-order valence-electron chi connectivity index (χ2n) is 5.89. The fourth-order valence-corrected chi connectivity index (χ4v) is 2.78. The first-order chi connectivity index (χ1) is 8.67. The summed E-state index contributed by atoms with van der Waals surface area (Å²) in [7, 11) is 0. The van der Waals surface area contributed by atoms with Gasteiger partial charge in [0.15, 0.2) is 0 Å². The summed E-state index contributed by atoms with van der Waals surface area (Å²) in [6, 6.07) is 0. The van der Waals surface area contributed by atoms with Crippen molar-refractivity contribution < 1.29 is 23.1 Å². The number of carbonyl (C=O) groups excluding carboxylic acids is 1. The predicted octanol–water partition coefficient (Wildman–Crippen LogP) is 2.59. The number of hydrogen-bond donors (Lipinski definition) is 1. The zero-order chi connectivity index (χ0) is 14.7. The molecule has 0 aromatic rings. The summed E-state index contributed by atoms with van der Waals surface area (Å²) >= 11 is 0. The van der Waals surface area contributed by atoms with E-state index in [1.165, 1.54) is 0 Å². The van der Waals surface area contributed by atoms with Crippen LogP contribution in [-0.2, 0) is 4.79 Å². The first kappa shape index (κ1) is 16.3. The molecule has 0 aromatic carbocycles. The number of rotatable bonds is 4. The Morgan fingerprint density at radius 3 is 2.47 bits per heavy atom. The van der Waals surface area contributed by atoms with Crippen LogP contribution in [-0.4, -0.2) is 41.8 Å². The normalized spacial score (nSPS) is 23.2. The molecule has 0 saturated heterocycles. The average molecular weight is 281 g/mol. The molecule has 1 atom stereocenters. The van der Waals surface area contributed by atoms with Crippen molar-refractivity contribution in [2.75, 3.05) is 19.7 Å². The maximum atomic E-state index is 12.5. The average Bonchev–Trinajstić information content (AvgIpc) is 2.25. The first-order valence-corrected chi connectivity index (χ1v) is 6.64. The molecule has 1 saturated carbocycles. The van der Waals surface area contributed by atoms with E-state index in [0.29, 0.717) is 6.42 Å². The Hall–Kier alpha value is -0.780. The van der Waals surface area contributed by atoms with Gasteiger partial charge in [0, 0.05) is 12.5 Å². The largest absolute Gasteiger partial charge is 0.406 e. The lowest BCUT2D eigenvalue weighted by Crippen LogP contribution is -2.48. The van der Waals surface area contributed by atoms with Crippen LogP contribution in [0.1, 0.15) is 39.5 Å². The molecule has 1 rings (SSSR count). The van der Waals surface area contributed by atoms with Gasteiger partial charge in [-0.1, -0.05) is 26.7 Å². The standard InChI is InChI=1S/C13H22F3NO2/c1-12(2)6-4-3-5-10(12)11(19)17(7-8-18)9-13(14,15)16/h10,18H,3-9H2,1-2H3. The Labute approximate surface area is 111 Å². The van der Waals surface area contributed by atoms with Crippen LogP contribution in [0.25, 0.3) is 0 Å². The molecule has 1 aliphatic rings. The molecular weight excluding hydrogens is 259 g/mol. The highest BCUT2D eigenvalue weighted by Gasteiger charge is 2.41. The molecule has 3 nitrogen and oxygen atoms in total. The van der Waals surface area contributed by atoms with E-state index >= 15 is 0 Å². The van der Waals surface area contributed by atoms with Crippen LogP contribution in [0.15, 0.2) is 0 Å². The lowest BCUT2D eigenvalue weighted by Gasteiger charge is -2.40. The lowest BCUT2D eigenvalue weighted by molar-refractivity contribution is -0.168. The summed E-state index contributed by atoms with van der Waals surface area (Å²) in [6.07, 6.45) is -1.06. The summed E-state index contributed by atoms with van der Waals surface area (Å²) in [5.41, 5.74) is -0.269. The molecule has 0 radical (unpaired) electrons. The minimum atomic E-state index is -4.43. The smallest absolute Gasteiger partial charge is 0.395 e. The van der Waals surface area contributed by atoms with Crippen LogP contribution in [0, 0.1) is 11.3 Å². The lowest BCUT2D eigenvalue weighted by atomic mass is 9.68. The first-order valence-electron chi connectivity index (χ1n) is 6.64. The fraction of sp³-hybridized carbons (Fsp3) is 0.923. The fourth-order valence-electron chi connectivity index (χ4n) is 2.78. The monoisotopic (exact) mass is 281 g/mol. The Balaban J connectivity index is 2.80. The van der Waals surface area contributed by atoms with Crippen molar-refractivity contribution in [2.45, 2.75) is 45.7 Å². The van der Waals surface area contributed by atoms with E-state index in [9.17, 15) is 18.0 Å². The molecule has 0 aliphatic heterocycles. The van der Waals surface area contributed by atoms with E-state index in [4.69, 9.17) is 5.11 Å². The molecule has 0 aromatic heterocycles. The molecule has 112 valence electrons. The van der Waals surface area contributed by atoms with Gasteiger partial charge in [-0.05, 0) is 18.3 Å². The highest BCUT2D eigenvalue weighted by Crippen LogP contribution is 2.41. The third-order valence-electron chi connectivity index (χ3n) is 3.86. The van der Waals surface area contributed by atoms with Crippen LogP contribution in [0.4, 0.5) is 13.2 Å². The van der Waals surface area contributed by atoms with Crippen molar-refractivity contribution in [3.63, 3.8) is 0 Å². The van der Waals surface area contributed by atoms with Gasteiger partial charge in [-0.2, -0.15) is 13.2 Å². The molecule has 1 fully saturated rings. The highest BCUT2D eigenvalue weighted by molar-refractivity contribution is 5.79. The summed E-state index contributed by atoms with van der Waals surface area (Å²) in [4.78, 5) is 13.0. The molecule has 1 N–H and O–H groups in total. The summed E-state index contributed by atoms with van der Waals surface area (Å²) in [5.74, 6) is -0.855. The number of carbonyl (C=O) groups is 1. The SMILES string of the molecule is CC1(C)CCCCC1C(=O)N(CCO)CC(F)(F)F. The van der Waals surface area contributed by atoms with Gasteiger partial charge >= 0.3 is 6.18 Å². The number of alkyl halides is 3. The number of amides is 1. The van der Waals surface area contributed by atoms with E-state index in [2.05, 4.69) is 0 Å².